The summed E-state index contributed by atoms with van der Waals surface area (Å²) < 4.78 is 41.6. The lowest BCUT2D eigenvalue weighted by atomic mass is 10.2. The number of aromatic nitrogens is 2. The number of carbonyl (C=O) groups is 1. The number of benzene rings is 2. The van der Waals surface area contributed by atoms with Gasteiger partial charge in [0.15, 0.2) is 4.96 Å². The van der Waals surface area contributed by atoms with Crippen molar-refractivity contribution in [1.82, 2.24) is 9.38 Å². The second-order valence-corrected chi connectivity index (χ2v) is 6.32. The van der Waals surface area contributed by atoms with Crippen LogP contribution in [0, 0.1) is 17.5 Å². The number of hydrogen-bond donors (Lipinski definition) is 1. The number of rotatable bonds is 3. The average molecular weight is 373 g/mol. The average Bonchev–Trinajstić information content (AvgIpc) is 3.19. The molecule has 0 saturated heterocycles. The number of halogens is 3. The Morgan fingerprint density at radius 3 is 2.54 bits per heavy atom. The molecule has 0 bridgehead atoms. The smallest absolute Gasteiger partial charge is 0.273 e. The van der Waals surface area contributed by atoms with E-state index in [1.807, 2.05) is 0 Å². The minimum atomic E-state index is -0.733. The summed E-state index contributed by atoms with van der Waals surface area (Å²) in [4.78, 5) is 17.4. The quantitative estimate of drug-likeness (QED) is 0.564. The number of nitrogens with one attached hydrogen (secondary N) is 1. The summed E-state index contributed by atoms with van der Waals surface area (Å²) in [5.74, 6) is -2.34. The van der Waals surface area contributed by atoms with Crippen LogP contribution in [0.25, 0.3) is 16.2 Å². The van der Waals surface area contributed by atoms with Gasteiger partial charge < -0.3 is 5.32 Å². The first-order chi connectivity index (χ1) is 12.5. The molecule has 0 radical (unpaired) electrons. The molecule has 2 aromatic heterocycles. The molecule has 0 saturated carbocycles. The van der Waals surface area contributed by atoms with E-state index in [0.717, 1.165) is 18.2 Å². The molecule has 4 aromatic rings. The Kier molecular flexibility index (Phi) is 3.96. The lowest BCUT2D eigenvalue weighted by Gasteiger charge is -2.05. The molecule has 0 aliphatic rings. The third kappa shape index (κ3) is 2.95. The fourth-order valence-corrected chi connectivity index (χ4v) is 3.34. The first-order valence-electron chi connectivity index (χ1n) is 7.50. The molecule has 26 heavy (non-hydrogen) atoms. The summed E-state index contributed by atoms with van der Waals surface area (Å²) in [6, 6.07) is 8.64. The zero-order chi connectivity index (χ0) is 18.3. The number of fused-ring (bicyclic) bond motifs is 1. The van der Waals surface area contributed by atoms with Gasteiger partial charge in [0, 0.05) is 23.2 Å². The third-order valence-corrected chi connectivity index (χ3v) is 4.60. The Labute approximate surface area is 149 Å². The zero-order valence-electron chi connectivity index (χ0n) is 13.0. The van der Waals surface area contributed by atoms with Gasteiger partial charge in [-0.1, -0.05) is 0 Å². The Balaban J connectivity index is 1.67. The van der Waals surface area contributed by atoms with Crippen LogP contribution in [0.5, 0.6) is 0 Å². The van der Waals surface area contributed by atoms with Gasteiger partial charge in [-0.15, -0.1) is 11.3 Å². The van der Waals surface area contributed by atoms with Crippen molar-refractivity contribution in [2.24, 2.45) is 0 Å². The highest BCUT2D eigenvalue weighted by Crippen LogP contribution is 2.25. The van der Waals surface area contributed by atoms with Crippen LogP contribution >= 0.6 is 11.3 Å². The van der Waals surface area contributed by atoms with Gasteiger partial charge in [-0.05, 0) is 36.4 Å². The topological polar surface area (TPSA) is 46.4 Å². The van der Waals surface area contributed by atoms with Crippen LogP contribution in [0.3, 0.4) is 0 Å². The van der Waals surface area contributed by atoms with Crippen molar-refractivity contribution < 1.29 is 18.0 Å². The van der Waals surface area contributed by atoms with Crippen LogP contribution < -0.4 is 5.32 Å². The van der Waals surface area contributed by atoms with Crippen LogP contribution in [0.2, 0.25) is 0 Å². The normalized spacial score (nSPS) is 11.0. The van der Waals surface area contributed by atoms with Crippen molar-refractivity contribution in [2.45, 2.75) is 0 Å². The van der Waals surface area contributed by atoms with E-state index < -0.39 is 17.5 Å². The fraction of sp³-hybridized carbons (Fsp3) is 0. The summed E-state index contributed by atoms with van der Waals surface area (Å²) in [5.41, 5.74) is 1.26. The predicted octanol–water partition coefficient (Wildman–Crippen LogP) is 4.73. The molecule has 1 N–H and O–H groups in total. The molecule has 2 heterocycles. The molecular weight excluding hydrogens is 363 g/mol. The number of anilines is 1. The number of thiazole rings is 1. The van der Waals surface area contributed by atoms with Crippen molar-refractivity contribution in [3.05, 3.63) is 77.2 Å². The van der Waals surface area contributed by atoms with Crippen LogP contribution in [0.1, 0.15) is 10.5 Å². The molecule has 0 fully saturated rings. The highest BCUT2D eigenvalue weighted by atomic mass is 32.1. The maximum Gasteiger partial charge on any atom is 0.273 e. The van der Waals surface area contributed by atoms with E-state index in [4.69, 9.17) is 0 Å². The van der Waals surface area contributed by atoms with Gasteiger partial charge in [0.05, 0.1) is 11.4 Å². The molecule has 0 aliphatic heterocycles. The summed E-state index contributed by atoms with van der Waals surface area (Å²) in [5, 5.41) is 3.93. The first kappa shape index (κ1) is 16.3. The van der Waals surface area contributed by atoms with Crippen LogP contribution in [0.15, 0.2) is 54.0 Å². The number of amides is 1. The number of carbonyl (C=O) groups excluding carboxylic acids is 1. The summed E-state index contributed by atoms with van der Waals surface area (Å²) in [6.45, 7) is 0. The van der Waals surface area contributed by atoms with Crippen molar-refractivity contribution in [2.75, 3.05) is 5.32 Å². The molecule has 4 nitrogen and oxygen atoms in total. The Hall–Kier alpha value is -3.13. The first-order valence-corrected chi connectivity index (χ1v) is 8.38. The number of hydrogen-bond acceptors (Lipinski definition) is 3. The summed E-state index contributed by atoms with van der Waals surface area (Å²) in [6.07, 6.45) is 1.63. The molecule has 0 aliphatic carbocycles. The standard InChI is InChI=1S/C18H10F3N3OS/c19-11-3-1-10(2-4-11)15-8-24-16(9-26-18(24)23-15)17(25)22-14-7-12(20)5-6-13(14)21/h1-9H,(H,22,25). The highest BCUT2D eigenvalue weighted by molar-refractivity contribution is 7.15. The van der Waals surface area contributed by atoms with E-state index in [-0.39, 0.29) is 17.2 Å². The minimum Gasteiger partial charge on any atom is -0.318 e. The van der Waals surface area contributed by atoms with E-state index in [1.165, 1.54) is 23.5 Å². The molecule has 130 valence electrons. The lowest BCUT2D eigenvalue weighted by Crippen LogP contribution is -2.15. The van der Waals surface area contributed by atoms with Crippen molar-refractivity contribution in [3.8, 4) is 11.3 Å². The Morgan fingerprint density at radius 1 is 1.04 bits per heavy atom. The summed E-state index contributed by atoms with van der Waals surface area (Å²) in [7, 11) is 0. The predicted molar refractivity (Wildman–Crippen MR) is 92.8 cm³/mol. The molecule has 8 heteroatoms. The number of nitrogens with zero attached hydrogens (tertiary/aromatic N) is 2. The molecule has 4 rings (SSSR count). The van der Waals surface area contributed by atoms with Gasteiger partial charge in [0.25, 0.3) is 5.91 Å². The van der Waals surface area contributed by atoms with Crippen molar-refractivity contribution >= 4 is 27.9 Å². The van der Waals surface area contributed by atoms with Gasteiger partial charge in [-0.3, -0.25) is 9.20 Å². The molecule has 1 amide bonds. The third-order valence-electron chi connectivity index (χ3n) is 3.76. The van der Waals surface area contributed by atoms with E-state index >= 15 is 0 Å². The zero-order valence-corrected chi connectivity index (χ0v) is 13.9. The van der Waals surface area contributed by atoms with E-state index in [9.17, 15) is 18.0 Å². The monoisotopic (exact) mass is 373 g/mol. The minimum absolute atomic E-state index is 0.231. The Bertz CT molecular complexity index is 1120. The molecule has 0 spiro atoms. The van der Waals surface area contributed by atoms with E-state index in [0.29, 0.717) is 16.2 Å². The maximum absolute atomic E-state index is 13.7. The summed E-state index contributed by atoms with van der Waals surface area (Å²) >= 11 is 1.23. The molecule has 0 unspecified atom stereocenters. The second kappa shape index (κ2) is 6.30. The molecule has 0 atom stereocenters. The lowest BCUT2D eigenvalue weighted by molar-refractivity contribution is 0.102. The number of imidazole rings is 1. The van der Waals surface area contributed by atoms with E-state index in [2.05, 4.69) is 10.3 Å². The maximum atomic E-state index is 13.7. The van der Waals surface area contributed by atoms with Crippen LogP contribution in [0.4, 0.5) is 18.9 Å². The Morgan fingerprint density at radius 2 is 1.77 bits per heavy atom. The van der Waals surface area contributed by atoms with Crippen molar-refractivity contribution in [3.63, 3.8) is 0 Å². The highest BCUT2D eigenvalue weighted by Gasteiger charge is 2.17. The second-order valence-electron chi connectivity index (χ2n) is 5.48. The fourth-order valence-electron chi connectivity index (χ4n) is 2.49. The molecular formula is C18H10F3N3OS. The van der Waals surface area contributed by atoms with Crippen molar-refractivity contribution in [1.29, 1.82) is 0 Å². The van der Waals surface area contributed by atoms with Crippen LogP contribution in [-0.2, 0) is 0 Å². The largest absolute Gasteiger partial charge is 0.318 e. The van der Waals surface area contributed by atoms with Gasteiger partial charge in [-0.2, -0.15) is 0 Å². The van der Waals surface area contributed by atoms with Gasteiger partial charge in [0.2, 0.25) is 0 Å². The SMILES string of the molecule is O=C(Nc1cc(F)ccc1F)c1csc2nc(-c3ccc(F)cc3)cn12. The van der Waals surface area contributed by atoms with E-state index in [1.54, 1.807) is 28.1 Å². The van der Waals surface area contributed by atoms with Gasteiger partial charge in [0.1, 0.15) is 23.1 Å². The van der Waals surface area contributed by atoms with Gasteiger partial charge >= 0.3 is 0 Å². The van der Waals surface area contributed by atoms with Crippen LogP contribution in [-0.4, -0.2) is 15.3 Å². The molecule has 2 aromatic carbocycles. The van der Waals surface area contributed by atoms with Gasteiger partial charge in [-0.25, -0.2) is 18.2 Å².